The zero-order chi connectivity index (χ0) is 19.6. The van der Waals surface area contributed by atoms with Crippen molar-refractivity contribution in [1.82, 2.24) is 4.57 Å². The fraction of sp³-hybridized carbons (Fsp3) is 0.250. The second-order valence-electron chi connectivity index (χ2n) is 6.41. The summed E-state index contributed by atoms with van der Waals surface area (Å²) in [5.41, 5.74) is 2.11. The van der Waals surface area contributed by atoms with E-state index < -0.39 is 10.8 Å². The van der Waals surface area contributed by atoms with E-state index in [2.05, 4.69) is 12.2 Å². The fourth-order valence-electron chi connectivity index (χ4n) is 3.24. The molecule has 0 unspecified atom stereocenters. The Kier molecular flexibility index (Phi) is 5.12. The third-order valence-corrected chi connectivity index (χ3v) is 4.61. The standard InChI is InChI=1S/C20H21N3O4/c1-3-4-11-22-17-8-6-5-7-15(17)13(2)19(22)20(25)21-16-12-14(23(26)27)9-10-18(16)24/h5-10,12,24H,3-4,11H2,1-2H3,(H,21,25). The molecule has 2 N–H and O–H groups in total. The highest BCUT2D eigenvalue weighted by molar-refractivity contribution is 6.09. The largest absolute Gasteiger partial charge is 0.506 e. The van der Waals surface area contributed by atoms with Crippen molar-refractivity contribution in [3.63, 3.8) is 0 Å². The summed E-state index contributed by atoms with van der Waals surface area (Å²) >= 11 is 0. The lowest BCUT2D eigenvalue weighted by Crippen LogP contribution is -2.18. The first kappa shape index (κ1) is 18.4. The third-order valence-electron chi connectivity index (χ3n) is 4.61. The van der Waals surface area contributed by atoms with Crippen LogP contribution in [0.2, 0.25) is 0 Å². The Hall–Kier alpha value is -3.35. The first-order valence-corrected chi connectivity index (χ1v) is 8.80. The van der Waals surface area contributed by atoms with Gasteiger partial charge in [-0.1, -0.05) is 31.5 Å². The molecule has 0 bridgehead atoms. The van der Waals surface area contributed by atoms with Gasteiger partial charge in [-0.15, -0.1) is 0 Å². The number of anilines is 1. The van der Waals surface area contributed by atoms with Crippen LogP contribution in [0.25, 0.3) is 10.9 Å². The van der Waals surface area contributed by atoms with Crippen molar-refractivity contribution in [3.05, 3.63) is 63.8 Å². The minimum Gasteiger partial charge on any atom is -0.506 e. The van der Waals surface area contributed by atoms with Crippen LogP contribution in [0.1, 0.15) is 35.8 Å². The van der Waals surface area contributed by atoms with Crippen molar-refractivity contribution in [2.45, 2.75) is 33.2 Å². The molecule has 27 heavy (non-hydrogen) atoms. The number of aryl methyl sites for hydroxylation is 2. The number of hydrogen-bond acceptors (Lipinski definition) is 4. The number of nitro groups is 1. The molecule has 0 radical (unpaired) electrons. The summed E-state index contributed by atoms with van der Waals surface area (Å²) in [7, 11) is 0. The van der Waals surface area contributed by atoms with Gasteiger partial charge in [0.1, 0.15) is 11.4 Å². The summed E-state index contributed by atoms with van der Waals surface area (Å²) in [6.07, 6.45) is 1.90. The SMILES string of the molecule is CCCCn1c(C(=O)Nc2cc([N+](=O)[O-])ccc2O)c(C)c2ccccc21. The Morgan fingerprint density at radius 2 is 2.00 bits per heavy atom. The lowest BCUT2D eigenvalue weighted by molar-refractivity contribution is -0.384. The zero-order valence-electron chi connectivity index (χ0n) is 15.2. The number of benzene rings is 2. The van der Waals surface area contributed by atoms with E-state index >= 15 is 0 Å². The van der Waals surface area contributed by atoms with E-state index in [4.69, 9.17) is 0 Å². The van der Waals surface area contributed by atoms with Crippen LogP contribution in [-0.4, -0.2) is 20.5 Å². The van der Waals surface area contributed by atoms with Crippen LogP contribution in [0.15, 0.2) is 42.5 Å². The van der Waals surface area contributed by atoms with Crippen LogP contribution >= 0.6 is 0 Å². The van der Waals surface area contributed by atoms with Gasteiger partial charge in [0.2, 0.25) is 0 Å². The predicted molar refractivity (Wildman–Crippen MR) is 104 cm³/mol. The number of non-ortho nitro benzene ring substituents is 1. The molecule has 0 saturated carbocycles. The number of fused-ring (bicyclic) bond motifs is 1. The molecule has 1 aromatic heterocycles. The minimum absolute atomic E-state index is 0.0147. The molecular formula is C20H21N3O4. The Balaban J connectivity index is 2.04. The quantitative estimate of drug-likeness (QED) is 0.377. The predicted octanol–water partition coefficient (Wildman–Crippen LogP) is 4.62. The zero-order valence-corrected chi connectivity index (χ0v) is 15.2. The number of nitrogens with one attached hydrogen (secondary N) is 1. The maximum Gasteiger partial charge on any atom is 0.272 e. The molecule has 7 nitrogen and oxygen atoms in total. The highest BCUT2D eigenvalue weighted by atomic mass is 16.6. The van der Waals surface area contributed by atoms with Crippen molar-refractivity contribution >= 4 is 28.2 Å². The van der Waals surface area contributed by atoms with Gasteiger partial charge >= 0.3 is 0 Å². The van der Waals surface area contributed by atoms with E-state index in [1.54, 1.807) is 0 Å². The number of phenols is 1. The topological polar surface area (TPSA) is 97.4 Å². The van der Waals surface area contributed by atoms with Gasteiger partial charge < -0.3 is 15.0 Å². The van der Waals surface area contributed by atoms with Crippen LogP contribution in [-0.2, 0) is 6.54 Å². The highest BCUT2D eigenvalue weighted by Crippen LogP contribution is 2.30. The molecule has 0 atom stereocenters. The highest BCUT2D eigenvalue weighted by Gasteiger charge is 2.21. The van der Waals surface area contributed by atoms with Crippen LogP contribution in [0, 0.1) is 17.0 Å². The average Bonchev–Trinajstić information content (AvgIpc) is 2.94. The second kappa shape index (κ2) is 7.49. The Morgan fingerprint density at radius 3 is 2.70 bits per heavy atom. The number of aromatic nitrogens is 1. The van der Waals surface area contributed by atoms with E-state index in [0.717, 1.165) is 35.4 Å². The van der Waals surface area contributed by atoms with Gasteiger partial charge in [0.25, 0.3) is 11.6 Å². The molecule has 1 heterocycles. The molecule has 3 aromatic rings. The number of phenolic OH excluding ortho intramolecular Hbond substituents is 1. The minimum atomic E-state index is -0.571. The number of carbonyl (C=O) groups excluding carboxylic acids is 1. The van der Waals surface area contributed by atoms with Gasteiger partial charge in [0.05, 0.1) is 10.6 Å². The molecule has 0 aliphatic rings. The first-order chi connectivity index (χ1) is 12.9. The van der Waals surface area contributed by atoms with Crippen LogP contribution in [0.4, 0.5) is 11.4 Å². The number of carbonyl (C=O) groups is 1. The van der Waals surface area contributed by atoms with Gasteiger partial charge in [0, 0.05) is 29.6 Å². The summed E-state index contributed by atoms with van der Waals surface area (Å²) in [6, 6.07) is 11.3. The van der Waals surface area contributed by atoms with Gasteiger partial charge in [-0.05, 0) is 31.0 Å². The van der Waals surface area contributed by atoms with Crippen LogP contribution in [0.5, 0.6) is 5.75 Å². The molecule has 7 heteroatoms. The number of aromatic hydroxyl groups is 1. The summed E-state index contributed by atoms with van der Waals surface area (Å²) in [5, 5.41) is 24.6. The number of unbranched alkanes of at least 4 members (excludes halogenated alkanes) is 1. The number of nitro benzene ring substituents is 1. The van der Waals surface area contributed by atoms with E-state index in [9.17, 15) is 20.0 Å². The summed E-state index contributed by atoms with van der Waals surface area (Å²) in [4.78, 5) is 23.4. The fourth-order valence-corrected chi connectivity index (χ4v) is 3.24. The first-order valence-electron chi connectivity index (χ1n) is 8.80. The average molecular weight is 367 g/mol. The molecule has 3 rings (SSSR count). The second-order valence-corrected chi connectivity index (χ2v) is 6.41. The van der Waals surface area contributed by atoms with Crippen molar-refractivity contribution < 1.29 is 14.8 Å². The van der Waals surface area contributed by atoms with E-state index in [1.165, 1.54) is 12.1 Å². The van der Waals surface area contributed by atoms with Crippen molar-refractivity contribution in [1.29, 1.82) is 0 Å². The molecule has 140 valence electrons. The van der Waals surface area contributed by atoms with Gasteiger partial charge in [-0.25, -0.2) is 0 Å². The number of amides is 1. The number of nitrogens with zero attached hydrogens (tertiary/aromatic N) is 2. The molecular weight excluding hydrogens is 346 g/mol. The molecule has 0 fully saturated rings. The normalized spacial score (nSPS) is 10.9. The van der Waals surface area contributed by atoms with Crippen molar-refractivity contribution in [2.24, 2.45) is 0 Å². The van der Waals surface area contributed by atoms with Crippen LogP contribution < -0.4 is 5.32 Å². The maximum atomic E-state index is 13.0. The molecule has 0 saturated heterocycles. The van der Waals surface area contributed by atoms with Gasteiger partial charge in [-0.3, -0.25) is 14.9 Å². The van der Waals surface area contributed by atoms with Crippen LogP contribution in [0.3, 0.4) is 0 Å². The molecule has 0 aliphatic heterocycles. The molecule has 0 spiro atoms. The number of hydrogen-bond donors (Lipinski definition) is 2. The monoisotopic (exact) mass is 367 g/mol. The van der Waals surface area contributed by atoms with E-state index in [1.807, 2.05) is 35.8 Å². The summed E-state index contributed by atoms with van der Waals surface area (Å²) in [5.74, 6) is -0.626. The van der Waals surface area contributed by atoms with Gasteiger partial charge in [0.15, 0.2) is 0 Å². The van der Waals surface area contributed by atoms with Crippen molar-refractivity contribution in [2.75, 3.05) is 5.32 Å². The van der Waals surface area contributed by atoms with E-state index in [0.29, 0.717) is 12.2 Å². The Labute approximate surface area is 156 Å². The lowest BCUT2D eigenvalue weighted by atomic mass is 10.1. The molecule has 1 amide bonds. The number of rotatable bonds is 6. The maximum absolute atomic E-state index is 13.0. The smallest absolute Gasteiger partial charge is 0.272 e. The lowest BCUT2D eigenvalue weighted by Gasteiger charge is -2.12. The summed E-state index contributed by atoms with van der Waals surface area (Å²) in [6.45, 7) is 4.65. The molecule has 0 aliphatic carbocycles. The summed E-state index contributed by atoms with van der Waals surface area (Å²) < 4.78 is 1.97. The Morgan fingerprint density at radius 1 is 1.26 bits per heavy atom. The van der Waals surface area contributed by atoms with Gasteiger partial charge in [-0.2, -0.15) is 0 Å². The Bertz CT molecular complexity index is 1020. The third kappa shape index (κ3) is 3.48. The van der Waals surface area contributed by atoms with E-state index in [-0.39, 0.29) is 17.1 Å². The molecule has 2 aromatic carbocycles. The number of para-hydroxylation sites is 1. The van der Waals surface area contributed by atoms with Crippen molar-refractivity contribution in [3.8, 4) is 5.75 Å².